The first-order valence-corrected chi connectivity index (χ1v) is 11.8. The molecule has 9 nitrogen and oxygen atoms in total. The van der Waals surface area contributed by atoms with Crippen LogP contribution in [0.3, 0.4) is 0 Å². The Balaban J connectivity index is 1.68. The van der Waals surface area contributed by atoms with Crippen molar-refractivity contribution in [3.63, 3.8) is 0 Å². The standard InChI is InChI=1S/C29H24N6O3/c1-4-37-35-27(36)25-17-32-29(33-24-11-7-21(16-31)8-12-24)34-28(25)38-26-18(2)13-23(14-19(26)3)22-9-5-20(15-30)6-10-22/h5-14,17H,4H2,1-3H3,(H,35,36)(H,32,33,34). The minimum atomic E-state index is -0.545. The summed E-state index contributed by atoms with van der Waals surface area (Å²) >= 11 is 0. The summed E-state index contributed by atoms with van der Waals surface area (Å²) in [5.74, 6) is 0.264. The average molecular weight is 505 g/mol. The molecule has 0 aliphatic rings. The van der Waals surface area contributed by atoms with E-state index in [-0.39, 0.29) is 24.0 Å². The van der Waals surface area contributed by atoms with Crippen molar-refractivity contribution in [2.45, 2.75) is 20.8 Å². The van der Waals surface area contributed by atoms with E-state index in [1.54, 1.807) is 43.3 Å². The van der Waals surface area contributed by atoms with Crippen molar-refractivity contribution >= 4 is 17.5 Å². The van der Waals surface area contributed by atoms with Gasteiger partial charge in [0.1, 0.15) is 11.3 Å². The highest BCUT2D eigenvalue weighted by Gasteiger charge is 2.19. The van der Waals surface area contributed by atoms with Gasteiger partial charge in [-0.1, -0.05) is 12.1 Å². The van der Waals surface area contributed by atoms with Crippen molar-refractivity contribution in [2.75, 3.05) is 11.9 Å². The molecule has 1 aromatic heterocycles. The second-order valence-corrected chi connectivity index (χ2v) is 8.32. The summed E-state index contributed by atoms with van der Waals surface area (Å²) in [6.07, 6.45) is 1.36. The van der Waals surface area contributed by atoms with E-state index in [1.165, 1.54) is 6.20 Å². The molecule has 38 heavy (non-hydrogen) atoms. The van der Waals surface area contributed by atoms with Crippen LogP contribution < -0.4 is 15.5 Å². The molecular weight excluding hydrogens is 480 g/mol. The number of rotatable bonds is 8. The Morgan fingerprint density at radius 2 is 1.53 bits per heavy atom. The predicted octanol–water partition coefficient (Wildman–Crippen LogP) is 5.72. The number of aryl methyl sites for hydroxylation is 2. The molecule has 0 aliphatic heterocycles. The van der Waals surface area contributed by atoms with Crippen LogP contribution in [0.1, 0.15) is 39.5 Å². The van der Waals surface area contributed by atoms with Crippen molar-refractivity contribution in [3.8, 4) is 34.9 Å². The first-order chi connectivity index (χ1) is 18.4. The number of anilines is 2. The smallest absolute Gasteiger partial charge is 0.281 e. The highest BCUT2D eigenvalue weighted by molar-refractivity contribution is 5.95. The average Bonchev–Trinajstić information content (AvgIpc) is 2.94. The third-order valence-electron chi connectivity index (χ3n) is 5.58. The number of ether oxygens (including phenoxy) is 1. The molecule has 1 heterocycles. The van der Waals surface area contributed by atoms with E-state index in [1.807, 2.05) is 38.1 Å². The third kappa shape index (κ3) is 5.93. The van der Waals surface area contributed by atoms with Gasteiger partial charge in [-0.25, -0.2) is 10.5 Å². The Kier molecular flexibility index (Phi) is 7.92. The SMILES string of the molecule is CCONC(=O)c1cnc(Nc2ccc(C#N)cc2)nc1Oc1c(C)cc(-c2ccc(C#N)cc2)cc1C. The fourth-order valence-corrected chi connectivity index (χ4v) is 3.72. The van der Waals surface area contributed by atoms with E-state index in [0.717, 1.165) is 22.3 Å². The number of nitrogens with zero attached hydrogens (tertiary/aromatic N) is 4. The fourth-order valence-electron chi connectivity index (χ4n) is 3.72. The summed E-state index contributed by atoms with van der Waals surface area (Å²) < 4.78 is 6.22. The Morgan fingerprint density at radius 3 is 2.11 bits per heavy atom. The molecule has 0 bridgehead atoms. The summed E-state index contributed by atoms with van der Waals surface area (Å²) in [5, 5.41) is 21.1. The summed E-state index contributed by atoms with van der Waals surface area (Å²) in [7, 11) is 0. The number of nitrogens with one attached hydrogen (secondary N) is 2. The zero-order valence-electron chi connectivity index (χ0n) is 21.1. The number of amides is 1. The Morgan fingerprint density at radius 1 is 0.921 bits per heavy atom. The van der Waals surface area contributed by atoms with E-state index in [0.29, 0.717) is 22.6 Å². The molecule has 9 heteroatoms. The van der Waals surface area contributed by atoms with E-state index in [2.05, 4.69) is 32.9 Å². The van der Waals surface area contributed by atoms with Crippen LogP contribution in [0.5, 0.6) is 11.6 Å². The highest BCUT2D eigenvalue weighted by atomic mass is 16.6. The van der Waals surface area contributed by atoms with Crippen LogP contribution in [-0.2, 0) is 4.84 Å². The van der Waals surface area contributed by atoms with Gasteiger partial charge in [0.25, 0.3) is 5.91 Å². The summed E-state index contributed by atoms with van der Waals surface area (Å²) in [6.45, 7) is 5.86. The molecule has 0 atom stereocenters. The number of hydrogen-bond acceptors (Lipinski definition) is 8. The first kappa shape index (κ1) is 25.8. The van der Waals surface area contributed by atoms with E-state index >= 15 is 0 Å². The summed E-state index contributed by atoms with van der Waals surface area (Å²) in [6, 6.07) is 22.3. The molecule has 4 rings (SSSR count). The van der Waals surface area contributed by atoms with Gasteiger partial charge >= 0.3 is 0 Å². The normalized spacial score (nSPS) is 10.2. The van der Waals surface area contributed by atoms with Gasteiger partial charge < -0.3 is 10.1 Å². The lowest BCUT2D eigenvalue weighted by Crippen LogP contribution is -2.24. The number of benzene rings is 3. The molecule has 2 N–H and O–H groups in total. The first-order valence-electron chi connectivity index (χ1n) is 11.8. The van der Waals surface area contributed by atoms with Gasteiger partial charge in [0.05, 0.1) is 29.9 Å². The molecule has 0 saturated carbocycles. The monoisotopic (exact) mass is 504 g/mol. The number of hydrogen-bond donors (Lipinski definition) is 2. The molecule has 0 unspecified atom stereocenters. The van der Waals surface area contributed by atoms with Gasteiger partial charge in [-0.15, -0.1) is 0 Å². The zero-order chi connectivity index (χ0) is 27.1. The van der Waals surface area contributed by atoms with Crippen LogP contribution in [0, 0.1) is 36.5 Å². The van der Waals surface area contributed by atoms with E-state index in [9.17, 15) is 4.79 Å². The van der Waals surface area contributed by atoms with Crippen LogP contribution in [0.25, 0.3) is 11.1 Å². The second kappa shape index (κ2) is 11.7. The van der Waals surface area contributed by atoms with Gasteiger partial charge in [-0.3, -0.25) is 9.63 Å². The summed E-state index contributed by atoms with van der Waals surface area (Å²) in [5.41, 5.74) is 7.84. The lowest BCUT2D eigenvalue weighted by atomic mass is 9.99. The topological polar surface area (TPSA) is 133 Å². The van der Waals surface area contributed by atoms with Gasteiger partial charge in [-0.05, 0) is 91.6 Å². The molecule has 0 fully saturated rings. The quantitative estimate of drug-likeness (QED) is 0.291. The molecule has 3 aromatic carbocycles. The van der Waals surface area contributed by atoms with Crippen LogP contribution in [0.2, 0.25) is 0 Å². The number of aromatic nitrogens is 2. The maximum atomic E-state index is 12.7. The van der Waals surface area contributed by atoms with Crippen molar-refractivity contribution in [2.24, 2.45) is 0 Å². The van der Waals surface area contributed by atoms with Crippen LogP contribution >= 0.6 is 0 Å². The van der Waals surface area contributed by atoms with Crippen molar-refractivity contribution in [3.05, 3.63) is 94.7 Å². The number of hydroxylamine groups is 1. The molecule has 188 valence electrons. The number of nitriles is 2. The van der Waals surface area contributed by atoms with E-state index < -0.39 is 5.91 Å². The number of carbonyl (C=O) groups excluding carboxylic acids is 1. The molecule has 0 radical (unpaired) electrons. The minimum Gasteiger partial charge on any atom is -0.437 e. The zero-order valence-corrected chi connectivity index (χ0v) is 21.1. The molecule has 0 aliphatic carbocycles. The van der Waals surface area contributed by atoms with E-state index in [4.69, 9.17) is 20.1 Å². The fraction of sp³-hybridized carbons (Fsp3) is 0.138. The van der Waals surface area contributed by atoms with Gasteiger partial charge in [0, 0.05) is 11.9 Å². The van der Waals surface area contributed by atoms with Gasteiger partial charge in [-0.2, -0.15) is 15.5 Å². The lowest BCUT2D eigenvalue weighted by molar-refractivity contribution is 0.0361. The third-order valence-corrected chi connectivity index (χ3v) is 5.58. The maximum absolute atomic E-state index is 12.7. The van der Waals surface area contributed by atoms with Gasteiger partial charge in [0.2, 0.25) is 11.8 Å². The second-order valence-electron chi connectivity index (χ2n) is 8.32. The Bertz CT molecular complexity index is 1530. The molecule has 4 aromatic rings. The molecule has 0 saturated heterocycles. The highest BCUT2D eigenvalue weighted by Crippen LogP contribution is 2.34. The molecule has 0 spiro atoms. The lowest BCUT2D eigenvalue weighted by Gasteiger charge is -2.16. The van der Waals surface area contributed by atoms with Crippen molar-refractivity contribution in [1.82, 2.24) is 15.4 Å². The maximum Gasteiger partial charge on any atom is 0.281 e. The van der Waals surface area contributed by atoms with Crippen molar-refractivity contribution in [1.29, 1.82) is 10.5 Å². The summed E-state index contributed by atoms with van der Waals surface area (Å²) in [4.78, 5) is 26.5. The number of carbonyl (C=O) groups is 1. The van der Waals surface area contributed by atoms with Gasteiger partial charge in [0.15, 0.2) is 0 Å². The molecular formula is C29H24N6O3. The van der Waals surface area contributed by atoms with Crippen LogP contribution in [0.4, 0.5) is 11.6 Å². The largest absolute Gasteiger partial charge is 0.437 e. The Hall–Kier alpha value is -5.25. The molecule has 1 amide bonds. The Labute approximate surface area is 220 Å². The van der Waals surface area contributed by atoms with Crippen LogP contribution in [-0.4, -0.2) is 22.5 Å². The van der Waals surface area contributed by atoms with Crippen molar-refractivity contribution < 1.29 is 14.4 Å². The minimum absolute atomic E-state index is 0.0469. The predicted molar refractivity (Wildman–Crippen MR) is 142 cm³/mol. The van der Waals surface area contributed by atoms with Crippen LogP contribution in [0.15, 0.2) is 66.9 Å².